The standard InChI is InChI=1S/C21H21N5O/c1-3-9-18(27)22-20-21-25-24-14(2)26(21)17-13-8-7-12-16(17)19(23-20)15-10-5-4-6-11-15/h4-8,10-13,20H,3,9H2,1-2H3,(H,22,27). The number of aromatic nitrogens is 3. The van der Waals surface area contributed by atoms with Gasteiger partial charge >= 0.3 is 0 Å². The lowest BCUT2D eigenvalue weighted by Gasteiger charge is -2.14. The van der Waals surface area contributed by atoms with Crippen LogP contribution in [0.5, 0.6) is 0 Å². The lowest BCUT2D eigenvalue weighted by atomic mass is 10.0. The third-order valence-corrected chi connectivity index (χ3v) is 4.57. The van der Waals surface area contributed by atoms with Crippen LogP contribution in [0, 0.1) is 6.92 Å². The second-order valence-electron chi connectivity index (χ2n) is 6.52. The van der Waals surface area contributed by atoms with Crippen molar-refractivity contribution in [3.63, 3.8) is 0 Å². The fourth-order valence-electron chi connectivity index (χ4n) is 3.35. The molecule has 0 spiro atoms. The summed E-state index contributed by atoms with van der Waals surface area (Å²) in [6, 6.07) is 18.1. The summed E-state index contributed by atoms with van der Waals surface area (Å²) in [5, 5.41) is 11.6. The molecule has 1 amide bonds. The van der Waals surface area contributed by atoms with Crippen molar-refractivity contribution in [2.75, 3.05) is 0 Å². The van der Waals surface area contributed by atoms with Gasteiger partial charge in [-0.05, 0) is 19.4 Å². The normalized spacial score (nSPS) is 15.3. The number of nitrogens with zero attached hydrogens (tertiary/aromatic N) is 4. The lowest BCUT2D eigenvalue weighted by molar-refractivity contribution is -0.121. The molecule has 1 aliphatic rings. The molecule has 136 valence electrons. The van der Waals surface area contributed by atoms with Gasteiger partial charge in [-0.15, -0.1) is 10.2 Å². The molecular formula is C21H21N5O. The topological polar surface area (TPSA) is 72.2 Å². The van der Waals surface area contributed by atoms with Gasteiger partial charge in [0.2, 0.25) is 5.91 Å². The first-order chi connectivity index (χ1) is 13.2. The van der Waals surface area contributed by atoms with Gasteiger partial charge in [-0.1, -0.05) is 55.5 Å². The zero-order valence-corrected chi connectivity index (χ0v) is 15.4. The molecule has 27 heavy (non-hydrogen) atoms. The first-order valence-corrected chi connectivity index (χ1v) is 9.13. The van der Waals surface area contributed by atoms with Crippen LogP contribution >= 0.6 is 0 Å². The summed E-state index contributed by atoms with van der Waals surface area (Å²) in [4.78, 5) is 17.2. The average molecular weight is 359 g/mol. The van der Waals surface area contributed by atoms with Crippen molar-refractivity contribution in [3.05, 3.63) is 77.4 Å². The minimum atomic E-state index is -0.590. The molecule has 0 radical (unpaired) electrons. The van der Waals surface area contributed by atoms with Crippen LogP contribution in [0.25, 0.3) is 5.69 Å². The maximum Gasteiger partial charge on any atom is 0.221 e. The van der Waals surface area contributed by atoms with Gasteiger partial charge in [0.05, 0.1) is 11.4 Å². The van der Waals surface area contributed by atoms with Gasteiger partial charge in [0, 0.05) is 17.5 Å². The molecule has 1 unspecified atom stereocenters. The van der Waals surface area contributed by atoms with E-state index < -0.39 is 6.17 Å². The van der Waals surface area contributed by atoms with E-state index in [1.807, 2.05) is 73.0 Å². The van der Waals surface area contributed by atoms with Gasteiger partial charge in [-0.3, -0.25) is 14.4 Å². The van der Waals surface area contributed by atoms with Crippen molar-refractivity contribution in [2.24, 2.45) is 4.99 Å². The van der Waals surface area contributed by atoms with Crippen LogP contribution in [0.4, 0.5) is 0 Å². The van der Waals surface area contributed by atoms with Crippen molar-refractivity contribution < 1.29 is 4.79 Å². The SMILES string of the molecule is CCCC(=O)NC1N=C(c2ccccc2)c2ccccc2-n2c(C)nnc21. The predicted molar refractivity (Wildman–Crippen MR) is 104 cm³/mol. The smallest absolute Gasteiger partial charge is 0.221 e. The number of carbonyl (C=O) groups is 1. The van der Waals surface area contributed by atoms with Crippen LogP contribution in [0.15, 0.2) is 59.6 Å². The number of nitrogens with one attached hydrogen (secondary N) is 1. The largest absolute Gasteiger partial charge is 0.328 e. The summed E-state index contributed by atoms with van der Waals surface area (Å²) < 4.78 is 1.98. The molecule has 1 aromatic heterocycles. The average Bonchev–Trinajstić information content (AvgIpc) is 3.01. The number of hydrogen-bond acceptors (Lipinski definition) is 4. The molecule has 3 aromatic rings. The van der Waals surface area contributed by atoms with E-state index >= 15 is 0 Å². The van der Waals surface area contributed by atoms with Gasteiger partial charge < -0.3 is 5.32 Å². The summed E-state index contributed by atoms with van der Waals surface area (Å²) in [5.74, 6) is 1.34. The molecule has 2 heterocycles. The van der Waals surface area contributed by atoms with Crippen molar-refractivity contribution >= 4 is 11.6 Å². The molecule has 6 heteroatoms. The van der Waals surface area contributed by atoms with Crippen LogP contribution < -0.4 is 5.32 Å². The summed E-state index contributed by atoms with van der Waals surface area (Å²) in [6.45, 7) is 3.89. The third-order valence-electron chi connectivity index (χ3n) is 4.57. The fourth-order valence-corrected chi connectivity index (χ4v) is 3.35. The first kappa shape index (κ1) is 17.1. The van der Waals surface area contributed by atoms with E-state index in [9.17, 15) is 4.79 Å². The van der Waals surface area contributed by atoms with Crippen LogP contribution in [-0.2, 0) is 4.79 Å². The van der Waals surface area contributed by atoms with E-state index in [1.165, 1.54) is 0 Å². The zero-order chi connectivity index (χ0) is 18.8. The highest BCUT2D eigenvalue weighted by atomic mass is 16.1. The second kappa shape index (κ2) is 7.15. The van der Waals surface area contributed by atoms with Crippen molar-refractivity contribution in [2.45, 2.75) is 32.9 Å². The van der Waals surface area contributed by atoms with Gasteiger partial charge in [-0.2, -0.15) is 0 Å². The van der Waals surface area contributed by atoms with Gasteiger partial charge in [0.1, 0.15) is 5.82 Å². The highest BCUT2D eigenvalue weighted by molar-refractivity contribution is 6.15. The number of rotatable bonds is 4. The molecule has 0 fully saturated rings. The molecule has 1 aliphatic heterocycles. The van der Waals surface area contributed by atoms with E-state index in [-0.39, 0.29) is 5.91 Å². The monoisotopic (exact) mass is 359 g/mol. The summed E-state index contributed by atoms with van der Waals surface area (Å²) in [5.41, 5.74) is 3.78. The Labute approximate surface area is 158 Å². The minimum Gasteiger partial charge on any atom is -0.328 e. The summed E-state index contributed by atoms with van der Waals surface area (Å²) in [6.07, 6.45) is 0.639. The Bertz CT molecular complexity index is 1010. The van der Waals surface area contributed by atoms with Crippen molar-refractivity contribution in [1.29, 1.82) is 0 Å². The number of carbonyl (C=O) groups excluding carboxylic acids is 1. The lowest BCUT2D eigenvalue weighted by Crippen LogP contribution is -2.29. The van der Waals surface area contributed by atoms with Gasteiger partial charge in [-0.25, -0.2) is 0 Å². The van der Waals surface area contributed by atoms with E-state index in [2.05, 4.69) is 15.5 Å². The Hall–Kier alpha value is -3.28. The molecule has 0 saturated heterocycles. The van der Waals surface area contributed by atoms with Crippen LogP contribution in [0.3, 0.4) is 0 Å². The number of hydrogen-bond donors (Lipinski definition) is 1. The van der Waals surface area contributed by atoms with E-state index in [4.69, 9.17) is 4.99 Å². The Morgan fingerprint density at radius 3 is 2.59 bits per heavy atom. The first-order valence-electron chi connectivity index (χ1n) is 9.13. The maximum atomic E-state index is 12.3. The molecule has 4 rings (SSSR count). The summed E-state index contributed by atoms with van der Waals surface area (Å²) >= 11 is 0. The molecular weight excluding hydrogens is 338 g/mol. The Balaban J connectivity index is 1.93. The Kier molecular flexibility index (Phi) is 4.54. The van der Waals surface area contributed by atoms with E-state index in [1.54, 1.807) is 0 Å². The van der Waals surface area contributed by atoms with Crippen molar-refractivity contribution in [1.82, 2.24) is 20.1 Å². The van der Waals surface area contributed by atoms with E-state index in [0.717, 1.165) is 34.8 Å². The van der Waals surface area contributed by atoms with Crippen LogP contribution in [-0.4, -0.2) is 26.4 Å². The third kappa shape index (κ3) is 3.14. The van der Waals surface area contributed by atoms with Crippen molar-refractivity contribution in [3.8, 4) is 5.69 Å². The molecule has 2 aromatic carbocycles. The number of aliphatic imine (C=N–C) groups is 1. The van der Waals surface area contributed by atoms with Gasteiger partial charge in [0.25, 0.3) is 0 Å². The maximum absolute atomic E-state index is 12.3. The molecule has 6 nitrogen and oxygen atoms in total. The number of aryl methyl sites for hydroxylation is 1. The number of para-hydroxylation sites is 1. The minimum absolute atomic E-state index is 0.0446. The van der Waals surface area contributed by atoms with Crippen LogP contribution in [0.2, 0.25) is 0 Å². The van der Waals surface area contributed by atoms with E-state index in [0.29, 0.717) is 12.2 Å². The number of benzene rings is 2. The highest BCUT2D eigenvalue weighted by Gasteiger charge is 2.28. The molecule has 0 bridgehead atoms. The quantitative estimate of drug-likeness (QED) is 0.776. The molecule has 1 N–H and O–H groups in total. The molecule has 1 atom stereocenters. The highest BCUT2D eigenvalue weighted by Crippen LogP contribution is 2.29. The van der Waals surface area contributed by atoms with Crippen LogP contribution in [0.1, 0.15) is 48.7 Å². The Morgan fingerprint density at radius 1 is 1.07 bits per heavy atom. The second-order valence-corrected chi connectivity index (χ2v) is 6.52. The summed E-state index contributed by atoms with van der Waals surface area (Å²) in [7, 11) is 0. The predicted octanol–water partition coefficient (Wildman–Crippen LogP) is 3.34. The Morgan fingerprint density at radius 2 is 1.81 bits per heavy atom. The zero-order valence-electron chi connectivity index (χ0n) is 15.4. The molecule has 0 aliphatic carbocycles. The van der Waals surface area contributed by atoms with Gasteiger partial charge in [0.15, 0.2) is 12.0 Å². The number of amides is 1. The molecule has 0 saturated carbocycles. The number of fused-ring (bicyclic) bond motifs is 3. The fraction of sp³-hybridized carbons (Fsp3) is 0.238.